The molecule has 2 N–H and O–H groups in total. The third-order valence-corrected chi connectivity index (χ3v) is 3.90. The number of hydrogen-bond acceptors (Lipinski definition) is 4. The number of nitrogens with zero attached hydrogens (tertiary/aromatic N) is 1. The van der Waals surface area contributed by atoms with Gasteiger partial charge >= 0.3 is 0 Å². The van der Waals surface area contributed by atoms with Crippen LogP contribution in [0.1, 0.15) is 11.1 Å². The van der Waals surface area contributed by atoms with Crippen molar-refractivity contribution in [1.82, 2.24) is 10.2 Å². The minimum atomic E-state index is 0.0316. The Morgan fingerprint density at radius 3 is 2.81 bits per heavy atom. The van der Waals surface area contributed by atoms with Crippen molar-refractivity contribution in [3.8, 4) is 0 Å². The molecule has 0 spiro atoms. The van der Waals surface area contributed by atoms with Gasteiger partial charge in [-0.1, -0.05) is 12.1 Å². The fourth-order valence-corrected chi connectivity index (χ4v) is 2.36. The van der Waals surface area contributed by atoms with Gasteiger partial charge in [-0.25, -0.2) is 0 Å². The molecule has 0 unspecified atom stereocenters. The lowest BCUT2D eigenvalue weighted by Crippen LogP contribution is -2.42. The number of morpholine rings is 1. The minimum Gasteiger partial charge on any atom is -0.379 e. The van der Waals surface area contributed by atoms with Crippen LogP contribution in [0.5, 0.6) is 0 Å². The number of hydrogen-bond donors (Lipinski definition) is 2. The van der Waals surface area contributed by atoms with Crippen LogP contribution in [0.2, 0.25) is 0 Å². The first-order chi connectivity index (χ1) is 10.2. The fourth-order valence-electron chi connectivity index (χ4n) is 2.36. The molecule has 0 aromatic heterocycles. The summed E-state index contributed by atoms with van der Waals surface area (Å²) in [5.41, 5.74) is 3.45. The zero-order valence-electron chi connectivity index (χ0n) is 12.9. The molecule has 1 fully saturated rings. The van der Waals surface area contributed by atoms with Gasteiger partial charge in [0.1, 0.15) is 0 Å². The number of carbonyl (C=O) groups excluding carboxylic acids is 1. The summed E-state index contributed by atoms with van der Waals surface area (Å²) in [4.78, 5) is 14.1. The van der Waals surface area contributed by atoms with Crippen LogP contribution in [0.25, 0.3) is 0 Å². The molecule has 1 heterocycles. The molecule has 0 atom stereocenters. The third kappa shape index (κ3) is 5.02. The number of anilines is 1. The molecule has 1 amide bonds. The van der Waals surface area contributed by atoms with Gasteiger partial charge in [0.15, 0.2) is 0 Å². The van der Waals surface area contributed by atoms with Gasteiger partial charge in [-0.15, -0.1) is 0 Å². The fraction of sp³-hybridized carbons (Fsp3) is 0.562. The third-order valence-electron chi connectivity index (χ3n) is 3.90. The van der Waals surface area contributed by atoms with Gasteiger partial charge in [0.2, 0.25) is 5.91 Å². The van der Waals surface area contributed by atoms with Gasteiger partial charge in [-0.05, 0) is 31.0 Å². The topological polar surface area (TPSA) is 53.6 Å². The van der Waals surface area contributed by atoms with Crippen molar-refractivity contribution in [2.45, 2.75) is 13.8 Å². The van der Waals surface area contributed by atoms with E-state index in [4.69, 9.17) is 4.74 Å². The van der Waals surface area contributed by atoms with Crippen molar-refractivity contribution in [1.29, 1.82) is 0 Å². The highest BCUT2D eigenvalue weighted by Crippen LogP contribution is 2.17. The molecule has 21 heavy (non-hydrogen) atoms. The molecule has 1 aromatic carbocycles. The van der Waals surface area contributed by atoms with E-state index >= 15 is 0 Å². The standard InChI is InChI=1S/C16H25N3O2/c1-13-4-3-5-15(14(13)2)18-12-16(20)17-6-7-19-8-10-21-11-9-19/h3-5,18H,6-12H2,1-2H3,(H,17,20). The van der Waals surface area contributed by atoms with E-state index in [9.17, 15) is 4.79 Å². The molecule has 5 heteroatoms. The second-order valence-electron chi connectivity index (χ2n) is 5.40. The summed E-state index contributed by atoms with van der Waals surface area (Å²) in [5, 5.41) is 6.15. The molecule has 1 aliphatic heterocycles. The van der Waals surface area contributed by atoms with Gasteiger partial charge in [-0.2, -0.15) is 0 Å². The maximum Gasteiger partial charge on any atom is 0.239 e. The van der Waals surface area contributed by atoms with Crippen molar-refractivity contribution in [2.75, 3.05) is 51.3 Å². The number of amides is 1. The summed E-state index contributed by atoms with van der Waals surface area (Å²) < 4.78 is 5.30. The normalized spacial score (nSPS) is 15.7. The number of ether oxygens (including phenoxy) is 1. The average molecular weight is 291 g/mol. The quantitative estimate of drug-likeness (QED) is 0.826. The van der Waals surface area contributed by atoms with Crippen molar-refractivity contribution in [3.63, 3.8) is 0 Å². The number of rotatable bonds is 6. The molecule has 5 nitrogen and oxygen atoms in total. The van der Waals surface area contributed by atoms with E-state index in [0.29, 0.717) is 13.1 Å². The molecule has 1 saturated heterocycles. The summed E-state index contributed by atoms with van der Waals surface area (Å²) in [7, 11) is 0. The summed E-state index contributed by atoms with van der Waals surface area (Å²) in [6, 6.07) is 6.08. The maximum absolute atomic E-state index is 11.8. The lowest BCUT2D eigenvalue weighted by Gasteiger charge is -2.26. The molecule has 0 saturated carbocycles. The minimum absolute atomic E-state index is 0.0316. The summed E-state index contributed by atoms with van der Waals surface area (Å²) in [6.07, 6.45) is 0. The van der Waals surface area contributed by atoms with E-state index in [2.05, 4.69) is 35.4 Å². The largest absolute Gasteiger partial charge is 0.379 e. The molecule has 2 rings (SSSR count). The summed E-state index contributed by atoms with van der Waals surface area (Å²) >= 11 is 0. The molecule has 1 aliphatic rings. The van der Waals surface area contributed by atoms with Crippen LogP contribution in [0, 0.1) is 13.8 Å². The smallest absolute Gasteiger partial charge is 0.239 e. The lowest BCUT2D eigenvalue weighted by atomic mass is 10.1. The van der Waals surface area contributed by atoms with E-state index in [0.717, 1.165) is 38.5 Å². The first kappa shape index (κ1) is 15.8. The van der Waals surface area contributed by atoms with Crippen LogP contribution in [-0.2, 0) is 9.53 Å². The first-order valence-corrected chi connectivity index (χ1v) is 7.53. The lowest BCUT2D eigenvalue weighted by molar-refractivity contribution is -0.119. The van der Waals surface area contributed by atoms with Crippen LogP contribution in [-0.4, -0.2) is 56.7 Å². The number of benzene rings is 1. The van der Waals surface area contributed by atoms with Crippen LogP contribution in [0.4, 0.5) is 5.69 Å². The van der Waals surface area contributed by atoms with Crippen molar-refractivity contribution >= 4 is 11.6 Å². The van der Waals surface area contributed by atoms with E-state index in [1.807, 2.05) is 12.1 Å². The zero-order valence-corrected chi connectivity index (χ0v) is 12.9. The SMILES string of the molecule is Cc1cccc(NCC(=O)NCCN2CCOCC2)c1C. The number of aryl methyl sites for hydroxylation is 1. The summed E-state index contributed by atoms with van der Waals surface area (Å²) in [6.45, 7) is 9.52. The number of nitrogens with one attached hydrogen (secondary N) is 2. The Morgan fingerprint density at radius 2 is 2.05 bits per heavy atom. The molecule has 1 aromatic rings. The highest BCUT2D eigenvalue weighted by molar-refractivity contribution is 5.81. The Balaban J connectivity index is 1.66. The predicted octanol–water partition coefficient (Wildman–Crippen LogP) is 1.16. The first-order valence-electron chi connectivity index (χ1n) is 7.53. The Labute approximate surface area is 126 Å². The van der Waals surface area contributed by atoms with Crippen molar-refractivity contribution in [3.05, 3.63) is 29.3 Å². The van der Waals surface area contributed by atoms with E-state index in [1.165, 1.54) is 11.1 Å². The average Bonchev–Trinajstić information content (AvgIpc) is 2.50. The molecular weight excluding hydrogens is 266 g/mol. The van der Waals surface area contributed by atoms with Crippen LogP contribution in [0.15, 0.2) is 18.2 Å². The number of carbonyl (C=O) groups is 1. The molecule has 116 valence electrons. The molecular formula is C16H25N3O2. The molecule has 0 radical (unpaired) electrons. The highest BCUT2D eigenvalue weighted by Gasteiger charge is 2.10. The second kappa shape index (κ2) is 8.00. The van der Waals surface area contributed by atoms with Gasteiger partial charge in [0.25, 0.3) is 0 Å². The van der Waals surface area contributed by atoms with Gasteiger partial charge in [0.05, 0.1) is 19.8 Å². The van der Waals surface area contributed by atoms with Crippen molar-refractivity contribution in [2.24, 2.45) is 0 Å². The molecule has 0 aliphatic carbocycles. The van der Waals surface area contributed by atoms with E-state index in [1.54, 1.807) is 0 Å². The van der Waals surface area contributed by atoms with Gasteiger partial charge < -0.3 is 15.4 Å². The monoisotopic (exact) mass is 291 g/mol. The van der Waals surface area contributed by atoms with Crippen LogP contribution >= 0.6 is 0 Å². The van der Waals surface area contributed by atoms with Crippen LogP contribution in [0.3, 0.4) is 0 Å². The Morgan fingerprint density at radius 1 is 1.29 bits per heavy atom. The van der Waals surface area contributed by atoms with E-state index < -0.39 is 0 Å². The van der Waals surface area contributed by atoms with Crippen LogP contribution < -0.4 is 10.6 Å². The summed E-state index contributed by atoms with van der Waals surface area (Å²) in [5.74, 6) is 0.0316. The Kier molecular flexibility index (Phi) is 6.02. The molecule has 0 bridgehead atoms. The van der Waals surface area contributed by atoms with Crippen molar-refractivity contribution < 1.29 is 9.53 Å². The van der Waals surface area contributed by atoms with E-state index in [-0.39, 0.29) is 5.91 Å². The maximum atomic E-state index is 11.8. The Hall–Kier alpha value is -1.59. The Bertz CT molecular complexity index is 471. The zero-order chi connectivity index (χ0) is 15.1. The predicted molar refractivity (Wildman–Crippen MR) is 84.7 cm³/mol. The highest BCUT2D eigenvalue weighted by atomic mass is 16.5. The van der Waals surface area contributed by atoms with Gasteiger partial charge in [0, 0.05) is 31.9 Å². The van der Waals surface area contributed by atoms with Gasteiger partial charge in [-0.3, -0.25) is 9.69 Å². The second-order valence-corrected chi connectivity index (χ2v) is 5.40.